The molecule has 3 nitrogen and oxygen atoms in total. The standard InChI is InChI=1S/C15H24N2O/c1-3-13-4-6-14(7-5-13)10-16-11-15-12-17(2)8-9-18-15/h4-7,15-16H,3,8-12H2,1-2H3/t15-/m1/s1. The Morgan fingerprint density at radius 2 is 2.00 bits per heavy atom. The quantitative estimate of drug-likeness (QED) is 0.858. The van der Waals surface area contributed by atoms with Gasteiger partial charge in [-0.05, 0) is 24.6 Å². The highest BCUT2D eigenvalue weighted by molar-refractivity contribution is 5.22. The van der Waals surface area contributed by atoms with E-state index in [1.807, 2.05) is 0 Å². The molecule has 3 heteroatoms. The van der Waals surface area contributed by atoms with Crippen molar-refractivity contribution in [1.29, 1.82) is 0 Å². The van der Waals surface area contributed by atoms with E-state index in [4.69, 9.17) is 4.74 Å². The van der Waals surface area contributed by atoms with Crippen LogP contribution in [-0.4, -0.2) is 44.3 Å². The van der Waals surface area contributed by atoms with E-state index in [2.05, 4.69) is 48.5 Å². The van der Waals surface area contributed by atoms with Gasteiger partial charge in [-0.3, -0.25) is 0 Å². The van der Waals surface area contributed by atoms with Crippen molar-refractivity contribution < 1.29 is 4.74 Å². The second-order valence-electron chi connectivity index (χ2n) is 5.06. The maximum Gasteiger partial charge on any atom is 0.0826 e. The van der Waals surface area contributed by atoms with Crippen LogP contribution >= 0.6 is 0 Å². The molecule has 0 bridgehead atoms. The molecule has 0 spiro atoms. The van der Waals surface area contributed by atoms with Crippen molar-refractivity contribution in [3.8, 4) is 0 Å². The summed E-state index contributed by atoms with van der Waals surface area (Å²) in [6, 6.07) is 8.84. The molecule has 0 saturated carbocycles. The van der Waals surface area contributed by atoms with Crippen LogP contribution in [0.1, 0.15) is 18.1 Å². The fourth-order valence-electron chi connectivity index (χ4n) is 2.26. The van der Waals surface area contributed by atoms with Crippen LogP contribution in [0.4, 0.5) is 0 Å². The van der Waals surface area contributed by atoms with E-state index >= 15 is 0 Å². The lowest BCUT2D eigenvalue weighted by Gasteiger charge is -2.30. The van der Waals surface area contributed by atoms with Crippen molar-refractivity contribution in [2.24, 2.45) is 0 Å². The van der Waals surface area contributed by atoms with Crippen molar-refractivity contribution in [2.75, 3.05) is 33.3 Å². The van der Waals surface area contributed by atoms with Gasteiger partial charge in [-0.25, -0.2) is 0 Å². The van der Waals surface area contributed by atoms with Gasteiger partial charge in [0.1, 0.15) is 0 Å². The first kappa shape index (κ1) is 13.5. The number of hydrogen-bond donors (Lipinski definition) is 1. The summed E-state index contributed by atoms with van der Waals surface area (Å²) in [6.07, 6.45) is 1.44. The number of morpholine rings is 1. The Morgan fingerprint density at radius 3 is 2.67 bits per heavy atom. The Bertz CT molecular complexity index is 350. The average Bonchev–Trinajstić information content (AvgIpc) is 2.40. The predicted molar refractivity (Wildman–Crippen MR) is 74.8 cm³/mol. The first-order valence-electron chi connectivity index (χ1n) is 6.86. The third kappa shape index (κ3) is 4.09. The lowest BCUT2D eigenvalue weighted by atomic mass is 10.1. The molecule has 0 amide bonds. The van der Waals surface area contributed by atoms with Gasteiger partial charge in [0, 0.05) is 26.2 Å². The smallest absolute Gasteiger partial charge is 0.0826 e. The zero-order valence-corrected chi connectivity index (χ0v) is 11.5. The van der Waals surface area contributed by atoms with E-state index in [-0.39, 0.29) is 0 Å². The molecule has 18 heavy (non-hydrogen) atoms. The first-order chi connectivity index (χ1) is 8.78. The van der Waals surface area contributed by atoms with Gasteiger partial charge >= 0.3 is 0 Å². The van der Waals surface area contributed by atoms with Gasteiger partial charge in [-0.15, -0.1) is 0 Å². The van der Waals surface area contributed by atoms with Crippen LogP contribution in [0.3, 0.4) is 0 Å². The monoisotopic (exact) mass is 248 g/mol. The van der Waals surface area contributed by atoms with E-state index < -0.39 is 0 Å². The molecule has 1 aromatic carbocycles. The second kappa shape index (κ2) is 6.88. The normalized spacial score (nSPS) is 21.1. The number of benzene rings is 1. The molecule has 1 heterocycles. The molecule has 0 radical (unpaired) electrons. The Morgan fingerprint density at radius 1 is 1.28 bits per heavy atom. The van der Waals surface area contributed by atoms with E-state index in [1.54, 1.807) is 0 Å². The molecule has 2 rings (SSSR count). The summed E-state index contributed by atoms with van der Waals surface area (Å²) in [5.74, 6) is 0. The van der Waals surface area contributed by atoms with E-state index in [1.165, 1.54) is 11.1 Å². The number of ether oxygens (including phenoxy) is 1. The first-order valence-corrected chi connectivity index (χ1v) is 6.86. The molecular weight excluding hydrogens is 224 g/mol. The third-order valence-electron chi connectivity index (χ3n) is 3.47. The van der Waals surface area contributed by atoms with Crippen LogP contribution in [0.15, 0.2) is 24.3 Å². The molecule has 0 unspecified atom stereocenters. The van der Waals surface area contributed by atoms with Gasteiger partial charge in [-0.1, -0.05) is 31.2 Å². The molecule has 1 aliphatic heterocycles. The molecule has 100 valence electrons. The zero-order chi connectivity index (χ0) is 12.8. The predicted octanol–water partition coefficient (Wildman–Crippen LogP) is 1.67. The average molecular weight is 248 g/mol. The van der Waals surface area contributed by atoms with Crippen LogP contribution < -0.4 is 5.32 Å². The number of hydrogen-bond acceptors (Lipinski definition) is 3. The van der Waals surface area contributed by atoms with E-state index in [9.17, 15) is 0 Å². The Kier molecular flexibility index (Phi) is 5.17. The highest BCUT2D eigenvalue weighted by Crippen LogP contribution is 2.05. The van der Waals surface area contributed by atoms with Gasteiger partial charge in [-0.2, -0.15) is 0 Å². The fraction of sp³-hybridized carbons (Fsp3) is 0.600. The van der Waals surface area contributed by atoms with Crippen molar-refractivity contribution in [2.45, 2.75) is 26.0 Å². The molecule has 0 aromatic heterocycles. The molecule has 1 atom stereocenters. The van der Waals surface area contributed by atoms with Crippen molar-refractivity contribution in [3.05, 3.63) is 35.4 Å². The van der Waals surface area contributed by atoms with E-state index in [0.717, 1.165) is 39.2 Å². The van der Waals surface area contributed by atoms with Gasteiger partial charge < -0.3 is 15.0 Å². The van der Waals surface area contributed by atoms with Crippen molar-refractivity contribution >= 4 is 0 Å². The molecule has 1 aromatic rings. The summed E-state index contributed by atoms with van der Waals surface area (Å²) in [5.41, 5.74) is 2.74. The van der Waals surface area contributed by atoms with E-state index in [0.29, 0.717) is 6.10 Å². The van der Waals surface area contributed by atoms with Crippen LogP contribution in [0.5, 0.6) is 0 Å². The van der Waals surface area contributed by atoms with Gasteiger partial charge in [0.05, 0.1) is 12.7 Å². The minimum atomic E-state index is 0.332. The highest BCUT2D eigenvalue weighted by Gasteiger charge is 2.16. The molecule has 1 aliphatic rings. The van der Waals surface area contributed by atoms with Crippen molar-refractivity contribution in [1.82, 2.24) is 10.2 Å². The number of nitrogens with zero attached hydrogens (tertiary/aromatic N) is 1. The van der Waals surface area contributed by atoms with Gasteiger partial charge in [0.25, 0.3) is 0 Å². The summed E-state index contributed by atoms with van der Waals surface area (Å²) in [7, 11) is 2.15. The third-order valence-corrected chi connectivity index (χ3v) is 3.47. The Labute approximate surface area is 110 Å². The summed E-state index contributed by atoms with van der Waals surface area (Å²) >= 11 is 0. The Hall–Kier alpha value is -0.900. The largest absolute Gasteiger partial charge is 0.374 e. The lowest BCUT2D eigenvalue weighted by molar-refractivity contribution is -0.0182. The summed E-state index contributed by atoms with van der Waals surface area (Å²) < 4.78 is 5.72. The van der Waals surface area contributed by atoms with Gasteiger partial charge in [0.2, 0.25) is 0 Å². The SMILES string of the molecule is CCc1ccc(CNC[C@@H]2CN(C)CCO2)cc1. The zero-order valence-electron chi connectivity index (χ0n) is 11.5. The molecular formula is C15H24N2O. The molecule has 0 aliphatic carbocycles. The summed E-state index contributed by atoms with van der Waals surface area (Å²) in [6.45, 7) is 6.97. The summed E-state index contributed by atoms with van der Waals surface area (Å²) in [5, 5.41) is 3.48. The summed E-state index contributed by atoms with van der Waals surface area (Å²) in [4.78, 5) is 2.33. The van der Waals surface area contributed by atoms with Crippen LogP contribution in [0.2, 0.25) is 0 Å². The number of nitrogens with one attached hydrogen (secondary N) is 1. The minimum absolute atomic E-state index is 0.332. The molecule has 1 saturated heterocycles. The fourth-order valence-corrected chi connectivity index (χ4v) is 2.26. The van der Waals surface area contributed by atoms with Gasteiger partial charge in [0.15, 0.2) is 0 Å². The molecule has 1 N–H and O–H groups in total. The number of aryl methyl sites for hydroxylation is 1. The maximum absolute atomic E-state index is 5.72. The highest BCUT2D eigenvalue weighted by atomic mass is 16.5. The van der Waals surface area contributed by atoms with Crippen LogP contribution in [0, 0.1) is 0 Å². The second-order valence-corrected chi connectivity index (χ2v) is 5.06. The van der Waals surface area contributed by atoms with Crippen LogP contribution in [-0.2, 0) is 17.7 Å². The van der Waals surface area contributed by atoms with Crippen LogP contribution in [0.25, 0.3) is 0 Å². The Balaban J connectivity index is 1.70. The lowest BCUT2D eigenvalue weighted by Crippen LogP contribution is -2.44. The number of likely N-dealkylation sites (N-methyl/N-ethyl adjacent to an activating group) is 1. The van der Waals surface area contributed by atoms with Crippen molar-refractivity contribution in [3.63, 3.8) is 0 Å². The maximum atomic E-state index is 5.72. The number of rotatable bonds is 5. The molecule has 1 fully saturated rings. The topological polar surface area (TPSA) is 24.5 Å². The minimum Gasteiger partial charge on any atom is -0.374 e.